The fourth-order valence-corrected chi connectivity index (χ4v) is 3.64. The molecule has 1 heterocycles. The second kappa shape index (κ2) is 11.3. The van der Waals surface area contributed by atoms with Crippen molar-refractivity contribution < 1.29 is 12.8 Å². The third kappa shape index (κ3) is 7.49. The molecule has 0 radical (unpaired) electrons. The SMILES string of the molecule is CCNC(=NCc1nc(C)c(C)o1)NCCCS(=O)(=O)c1ccccc1.I. The first-order valence-corrected chi connectivity index (χ1v) is 10.3. The largest absolute Gasteiger partial charge is 0.444 e. The molecule has 0 saturated carbocycles. The van der Waals surface area contributed by atoms with Crippen LogP contribution in [-0.2, 0) is 16.4 Å². The van der Waals surface area contributed by atoms with Gasteiger partial charge in [-0.2, -0.15) is 0 Å². The number of rotatable bonds is 8. The average Bonchev–Trinajstić information content (AvgIpc) is 2.95. The smallest absolute Gasteiger partial charge is 0.216 e. The van der Waals surface area contributed by atoms with Crippen LogP contribution < -0.4 is 10.6 Å². The van der Waals surface area contributed by atoms with Crippen LogP contribution in [-0.4, -0.2) is 38.2 Å². The van der Waals surface area contributed by atoms with Crippen LogP contribution in [0.1, 0.15) is 30.7 Å². The van der Waals surface area contributed by atoms with Gasteiger partial charge in [-0.15, -0.1) is 24.0 Å². The van der Waals surface area contributed by atoms with E-state index in [1.54, 1.807) is 30.3 Å². The van der Waals surface area contributed by atoms with E-state index in [1.807, 2.05) is 20.8 Å². The maximum Gasteiger partial charge on any atom is 0.216 e. The van der Waals surface area contributed by atoms with Gasteiger partial charge in [-0.3, -0.25) is 0 Å². The number of sulfone groups is 1. The van der Waals surface area contributed by atoms with Gasteiger partial charge in [0.2, 0.25) is 5.89 Å². The number of aliphatic imine (C=N–C) groups is 1. The monoisotopic (exact) mass is 506 g/mol. The number of nitrogens with zero attached hydrogens (tertiary/aromatic N) is 2. The first-order valence-electron chi connectivity index (χ1n) is 8.65. The lowest BCUT2D eigenvalue weighted by Crippen LogP contribution is -2.38. The van der Waals surface area contributed by atoms with E-state index in [1.165, 1.54) is 0 Å². The predicted molar refractivity (Wildman–Crippen MR) is 117 cm³/mol. The number of nitrogens with one attached hydrogen (secondary N) is 2. The highest BCUT2D eigenvalue weighted by atomic mass is 127. The highest BCUT2D eigenvalue weighted by molar-refractivity contribution is 14.0. The molecular formula is C18H27IN4O3S. The number of aryl methyl sites for hydroxylation is 2. The molecule has 0 aliphatic carbocycles. The second-order valence-corrected chi connectivity index (χ2v) is 7.97. The molecule has 0 fully saturated rings. The minimum atomic E-state index is -3.25. The zero-order valence-electron chi connectivity index (χ0n) is 15.9. The van der Waals surface area contributed by atoms with Gasteiger partial charge < -0.3 is 15.1 Å². The minimum Gasteiger partial charge on any atom is -0.444 e. The fraction of sp³-hybridized carbons (Fsp3) is 0.444. The van der Waals surface area contributed by atoms with Gasteiger partial charge in [0.25, 0.3) is 0 Å². The summed E-state index contributed by atoms with van der Waals surface area (Å²) >= 11 is 0. The summed E-state index contributed by atoms with van der Waals surface area (Å²) in [5.41, 5.74) is 0.860. The number of oxazole rings is 1. The van der Waals surface area contributed by atoms with E-state index in [0.717, 1.165) is 11.5 Å². The van der Waals surface area contributed by atoms with Gasteiger partial charge in [0, 0.05) is 13.1 Å². The number of hydrogen-bond donors (Lipinski definition) is 2. The van der Waals surface area contributed by atoms with Crippen molar-refractivity contribution in [3.05, 3.63) is 47.7 Å². The summed E-state index contributed by atoms with van der Waals surface area (Å²) in [6.07, 6.45) is 0.485. The van der Waals surface area contributed by atoms with Crippen LogP contribution in [0.3, 0.4) is 0 Å². The van der Waals surface area contributed by atoms with Crippen molar-refractivity contribution in [3.63, 3.8) is 0 Å². The van der Waals surface area contributed by atoms with Gasteiger partial charge in [0.1, 0.15) is 12.3 Å². The van der Waals surface area contributed by atoms with Gasteiger partial charge in [-0.05, 0) is 39.3 Å². The Labute approximate surface area is 178 Å². The highest BCUT2D eigenvalue weighted by Gasteiger charge is 2.13. The third-order valence-electron chi connectivity index (χ3n) is 3.77. The molecule has 1 aromatic heterocycles. The molecule has 0 spiro atoms. The molecule has 0 saturated heterocycles. The van der Waals surface area contributed by atoms with Crippen molar-refractivity contribution in [1.82, 2.24) is 15.6 Å². The van der Waals surface area contributed by atoms with Crippen LogP contribution in [0.2, 0.25) is 0 Å². The second-order valence-electron chi connectivity index (χ2n) is 5.86. The zero-order chi connectivity index (χ0) is 19.0. The van der Waals surface area contributed by atoms with E-state index in [0.29, 0.717) is 42.8 Å². The summed E-state index contributed by atoms with van der Waals surface area (Å²) in [4.78, 5) is 9.07. The average molecular weight is 506 g/mol. The van der Waals surface area contributed by atoms with E-state index >= 15 is 0 Å². The lowest BCUT2D eigenvalue weighted by atomic mass is 10.4. The Morgan fingerprint density at radius 3 is 2.48 bits per heavy atom. The van der Waals surface area contributed by atoms with E-state index in [4.69, 9.17) is 4.42 Å². The summed E-state index contributed by atoms with van der Waals surface area (Å²) in [7, 11) is -3.25. The Kier molecular flexibility index (Phi) is 9.78. The van der Waals surface area contributed by atoms with Crippen LogP contribution in [0, 0.1) is 13.8 Å². The molecule has 0 aliphatic rings. The maximum atomic E-state index is 12.3. The summed E-state index contributed by atoms with van der Waals surface area (Å²) in [5, 5.41) is 6.26. The van der Waals surface area contributed by atoms with Crippen molar-refractivity contribution in [3.8, 4) is 0 Å². The number of halogens is 1. The molecule has 150 valence electrons. The van der Waals surface area contributed by atoms with Gasteiger partial charge in [0.15, 0.2) is 15.8 Å². The minimum absolute atomic E-state index is 0. The molecule has 0 amide bonds. The van der Waals surface area contributed by atoms with Crippen LogP contribution in [0.4, 0.5) is 0 Å². The Hall–Kier alpha value is -1.62. The topological polar surface area (TPSA) is 96.6 Å². The van der Waals surface area contributed by atoms with Crippen LogP contribution in [0.25, 0.3) is 0 Å². The Morgan fingerprint density at radius 1 is 1.19 bits per heavy atom. The molecule has 2 rings (SSSR count). The predicted octanol–water partition coefficient (Wildman–Crippen LogP) is 2.83. The van der Waals surface area contributed by atoms with Crippen molar-refractivity contribution in [2.75, 3.05) is 18.8 Å². The molecule has 2 N–H and O–H groups in total. The van der Waals surface area contributed by atoms with Crippen molar-refractivity contribution >= 4 is 39.8 Å². The van der Waals surface area contributed by atoms with Gasteiger partial charge in [-0.1, -0.05) is 18.2 Å². The highest BCUT2D eigenvalue weighted by Crippen LogP contribution is 2.11. The molecule has 9 heteroatoms. The molecular weight excluding hydrogens is 479 g/mol. The first kappa shape index (κ1) is 23.4. The summed E-state index contributed by atoms with van der Waals surface area (Å²) in [5.74, 6) is 2.04. The third-order valence-corrected chi connectivity index (χ3v) is 5.59. The summed E-state index contributed by atoms with van der Waals surface area (Å²) in [6, 6.07) is 8.50. The Bertz CT molecular complexity index is 816. The van der Waals surface area contributed by atoms with Crippen molar-refractivity contribution in [2.45, 2.75) is 38.6 Å². The van der Waals surface area contributed by atoms with Crippen molar-refractivity contribution in [1.29, 1.82) is 0 Å². The zero-order valence-corrected chi connectivity index (χ0v) is 19.0. The summed E-state index contributed by atoms with van der Waals surface area (Å²) in [6.45, 7) is 7.26. The van der Waals surface area contributed by atoms with Gasteiger partial charge in [-0.25, -0.2) is 18.4 Å². The number of guanidine groups is 1. The lowest BCUT2D eigenvalue weighted by Gasteiger charge is -2.11. The molecule has 2 aromatic rings. The molecule has 0 bridgehead atoms. The molecule has 0 atom stereocenters. The molecule has 0 unspecified atom stereocenters. The van der Waals surface area contributed by atoms with E-state index in [-0.39, 0.29) is 29.7 Å². The van der Waals surface area contributed by atoms with E-state index in [9.17, 15) is 8.42 Å². The standard InChI is InChI=1S/C18H26N4O3S.HI/c1-4-19-18(21-13-17-22-14(2)15(3)25-17)20-11-8-12-26(23,24)16-9-6-5-7-10-16;/h5-7,9-10H,4,8,11-13H2,1-3H3,(H2,19,20,21);1H. The first-order chi connectivity index (χ1) is 12.4. The maximum absolute atomic E-state index is 12.3. The number of aromatic nitrogens is 1. The van der Waals surface area contributed by atoms with Crippen molar-refractivity contribution in [2.24, 2.45) is 4.99 Å². The van der Waals surface area contributed by atoms with Gasteiger partial charge in [0.05, 0.1) is 16.3 Å². The van der Waals surface area contributed by atoms with Crippen LogP contribution in [0.5, 0.6) is 0 Å². The number of hydrogen-bond acceptors (Lipinski definition) is 5. The summed E-state index contributed by atoms with van der Waals surface area (Å²) < 4.78 is 30.0. The normalized spacial score (nSPS) is 11.7. The number of benzene rings is 1. The molecule has 0 aliphatic heterocycles. The van der Waals surface area contributed by atoms with Crippen LogP contribution >= 0.6 is 24.0 Å². The molecule has 1 aromatic carbocycles. The van der Waals surface area contributed by atoms with E-state index < -0.39 is 9.84 Å². The quantitative estimate of drug-likeness (QED) is 0.248. The lowest BCUT2D eigenvalue weighted by molar-refractivity contribution is 0.473. The van der Waals surface area contributed by atoms with Gasteiger partial charge >= 0.3 is 0 Å². The fourth-order valence-electron chi connectivity index (χ4n) is 2.31. The van der Waals surface area contributed by atoms with E-state index in [2.05, 4.69) is 20.6 Å². The molecule has 27 heavy (non-hydrogen) atoms. The van der Waals surface area contributed by atoms with Crippen LogP contribution in [0.15, 0.2) is 44.6 Å². The molecule has 7 nitrogen and oxygen atoms in total. The Morgan fingerprint density at radius 2 is 1.89 bits per heavy atom. The Balaban J connectivity index is 0.00000364.